The lowest BCUT2D eigenvalue weighted by atomic mass is 10.1. The van der Waals surface area contributed by atoms with Gasteiger partial charge in [-0.25, -0.2) is 0 Å². The molecule has 0 radical (unpaired) electrons. The Balaban J connectivity index is 1.93. The smallest absolute Gasteiger partial charge is 0.252 e. The van der Waals surface area contributed by atoms with Gasteiger partial charge in [0.05, 0.1) is 11.1 Å². The Bertz CT molecular complexity index is 752. The lowest BCUT2D eigenvalue weighted by molar-refractivity contribution is 0.0950. The first kappa shape index (κ1) is 20.1. The number of benzene rings is 2. The van der Waals surface area contributed by atoms with E-state index in [2.05, 4.69) is 18.3 Å². The monoisotopic (exact) mass is 366 g/mol. The first-order valence-corrected chi connectivity index (χ1v) is 10.1. The number of rotatable bonds is 10. The van der Waals surface area contributed by atoms with E-state index in [1.165, 1.54) is 37.4 Å². The summed E-state index contributed by atoms with van der Waals surface area (Å²) in [6, 6.07) is 17.2. The molecule has 0 atom stereocenters. The maximum atomic E-state index is 12.6. The van der Waals surface area contributed by atoms with Crippen LogP contribution in [0.2, 0.25) is 0 Å². The molecule has 2 aromatic carbocycles. The van der Waals surface area contributed by atoms with Crippen LogP contribution in [0.5, 0.6) is 0 Å². The molecule has 0 spiro atoms. The van der Waals surface area contributed by atoms with Gasteiger partial charge in [-0.3, -0.25) is 4.79 Å². The molecule has 0 aromatic heterocycles. The summed E-state index contributed by atoms with van der Waals surface area (Å²) >= 11 is 1.46. The van der Waals surface area contributed by atoms with Crippen LogP contribution in [0.15, 0.2) is 58.3 Å². The van der Waals surface area contributed by atoms with Crippen LogP contribution >= 0.6 is 11.8 Å². The number of unbranched alkanes of at least 4 members (excludes halogenated alkanes) is 5. The van der Waals surface area contributed by atoms with Gasteiger partial charge in [-0.05, 0) is 30.7 Å². The molecular formula is C22H26N2OS. The topological polar surface area (TPSA) is 52.9 Å². The van der Waals surface area contributed by atoms with Crippen molar-refractivity contribution < 1.29 is 4.79 Å². The first-order valence-electron chi connectivity index (χ1n) is 9.30. The van der Waals surface area contributed by atoms with Gasteiger partial charge in [-0.2, -0.15) is 5.26 Å². The van der Waals surface area contributed by atoms with E-state index in [4.69, 9.17) is 0 Å². The fourth-order valence-corrected chi connectivity index (χ4v) is 3.74. The number of amides is 1. The molecule has 1 amide bonds. The SMILES string of the molecule is CCCCCCCCNC(=O)c1ccccc1Sc1ccccc1C#N. The molecule has 0 aliphatic heterocycles. The van der Waals surface area contributed by atoms with Gasteiger partial charge in [0.2, 0.25) is 0 Å². The maximum absolute atomic E-state index is 12.6. The zero-order valence-electron chi connectivity index (χ0n) is 15.3. The zero-order chi connectivity index (χ0) is 18.6. The summed E-state index contributed by atoms with van der Waals surface area (Å²) in [7, 11) is 0. The largest absolute Gasteiger partial charge is 0.352 e. The van der Waals surface area contributed by atoms with Crippen molar-refractivity contribution in [3.05, 3.63) is 59.7 Å². The van der Waals surface area contributed by atoms with Crippen molar-refractivity contribution in [2.24, 2.45) is 0 Å². The van der Waals surface area contributed by atoms with Gasteiger partial charge < -0.3 is 5.32 Å². The van der Waals surface area contributed by atoms with E-state index >= 15 is 0 Å². The molecule has 0 saturated heterocycles. The quantitative estimate of drug-likeness (QED) is 0.541. The van der Waals surface area contributed by atoms with E-state index in [1.54, 1.807) is 6.07 Å². The zero-order valence-corrected chi connectivity index (χ0v) is 16.1. The summed E-state index contributed by atoms with van der Waals surface area (Å²) in [6.07, 6.45) is 7.23. The lowest BCUT2D eigenvalue weighted by Crippen LogP contribution is -2.24. The molecule has 0 saturated carbocycles. The number of nitrogens with one attached hydrogen (secondary N) is 1. The van der Waals surface area contributed by atoms with Crippen molar-refractivity contribution in [1.29, 1.82) is 5.26 Å². The molecule has 4 heteroatoms. The van der Waals surface area contributed by atoms with E-state index in [9.17, 15) is 10.1 Å². The number of carbonyl (C=O) groups excluding carboxylic acids is 1. The van der Waals surface area contributed by atoms with Gasteiger partial charge in [-0.1, -0.05) is 75.1 Å². The van der Waals surface area contributed by atoms with Crippen molar-refractivity contribution in [2.75, 3.05) is 6.54 Å². The second kappa shape index (κ2) is 11.4. The molecule has 2 aromatic rings. The highest BCUT2D eigenvalue weighted by Gasteiger charge is 2.13. The number of hydrogen-bond donors (Lipinski definition) is 1. The third-order valence-electron chi connectivity index (χ3n) is 4.17. The Morgan fingerprint density at radius 2 is 1.62 bits per heavy atom. The highest BCUT2D eigenvalue weighted by Crippen LogP contribution is 2.32. The third kappa shape index (κ3) is 6.24. The molecule has 136 valence electrons. The molecule has 0 fully saturated rings. The van der Waals surface area contributed by atoms with Crippen LogP contribution in [-0.2, 0) is 0 Å². The van der Waals surface area contributed by atoms with Gasteiger partial charge in [0, 0.05) is 16.3 Å². The van der Waals surface area contributed by atoms with Crippen molar-refractivity contribution >= 4 is 17.7 Å². The Kier molecular flexibility index (Phi) is 8.78. The van der Waals surface area contributed by atoms with Crippen molar-refractivity contribution in [3.63, 3.8) is 0 Å². The van der Waals surface area contributed by atoms with Crippen molar-refractivity contribution in [1.82, 2.24) is 5.32 Å². The van der Waals surface area contributed by atoms with Gasteiger partial charge in [0.1, 0.15) is 6.07 Å². The van der Waals surface area contributed by atoms with E-state index in [0.717, 1.165) is 22.6 Å². The van der Waals surface area contributed by atoms with Crippen LogP contribution in [-0.4, -0.2) is 12.5 Å². The summed E-state index contributed by atoms with van der Waals surface area (Å²) in [5, 5.41) is 12.3. The highest BCUT2D eigenvalue weighted by atomic mass is 32.2. The summed E-state index contributed by atoms with van der Waals surface area (Å²) in [5.41, 5.74) is 1.29. The summed E-state index contributed by atoms with van der Waals surface area (Å²) in [6.45, 7) is 2.92. The maximum Gasteiger partial charge on any atom is 0.252 e. The number of hydrogen-bond acceptors (Lipinski definition) is 3. The van der Waals surface area contributed by atoms with Crippen LogP contribution in [0.4, 0.5) is 0 Å². The Labute approximate surface area is 160 Å². The Morgan fingerprint density at radius 1 is 0.962 bits per heavy atom. The third-order valence-corrected chi connectivity index (χ3v) is 5.33. The van der Waals surface area contributed by atoms with Crippen LogP contribution in [0, 0.1) is 11.3 Å². The molecule has 26 heavy (non-hydrogen) atoms. The summed E-state index contributed by atoms with van der Waals surface area (Å²) < 4.78 is 0. The van der Waals surface area contributed by atoms with Gasteiger partial charge in [-0.15, -0.1) is 0 Å². The minimum atomic E-state index is -0.0453. The normalized spacial score (nSPS) is 10.3. The number of nitriles is 1. The standard InChI is InChI=1S/C22H26N2OS/c1-2-3-4-5-6-11-16-24-22(25)19-13-8-10-15-21(19)26-20-14-9-7-12-18(20)17-23/h7-10,12-15H,2-6,11,16H2,1H3,(H,24,25). The molecular weight excluding hydrogens is 340 g/mol. The average Bonchev–Trinajstić information content (AvgIpc) is 2.68. The van der Waals surface area contributed by atoms with Gasteiger partial charge in [0.15, 0.2) is 0 Å². The van der Waals surface area contributed by atoms with Gasteiger partial charge >= 0.3 is 0 Å². The summed E-state index contributed by atoms with van der Waals surface area (Å²) in [5.74, 6) is -0.0453. The molecule has 0 aliphatic carbocycles. The molecule has 2 rings (SSSR count). The predicted molar refractivity (Wildman–Crippen MR) is 107 cm³/mol. The van der Waals surface area contributed by atoms with Crippen molar-refractivity contribution in [3.8, 4) is 6.07 Å². The average molecular weight is 367 g/mol. The lowest BCUT2D eigenvalue weighted by Gasteiger charge is -2.10. The molecule has 0 bridgehead atoms. The summed E-state index contributed by atoms with van der Waals surface area (Å²) in [4.78, 5) is 14.3. The number of carbonyl (C=O) groups is 1. The Hall–Kier alpha value is -2.25. The molecule has 3 nitrogen and oxygen atoms in total. The minimum Gasteiger partial charge on any atom is -0.352 e. The van der Waals surface area contributed by atoms with Crippen LogP contribution < -0.4 is 5.32 Å². The molecule has 1 N–H and O–H groups in total. The van der Waals surface area contributed by atoms with Crippen molar-refractivity contribution in [2.45, 2.75) is 55.2 Å². The number of nitrogens with zero attached hydrogens (tertiary/aromatic N) is 1. The van der Waals surface area contributed by atoms with E-state index in [-0.39, 0.29) is 5.91 Å². The molecule has 0 heterocycles. The minimum absolute atomic E-state index is 0.0453. The second-order valence-corrected chi connectivity index (χ2v) is 7.31. The first-order chi connectivity index (χ1) is 12.8. The predicted octanol–water partition coefficient (Wildman–Crippen LogP) is 5.80. The Morgan fingerprint density at radius 3 is 2.38 bits per heavy atom. The van der Waals surface area contributed by atoms with E-state index in [1.807, 2.05) is 42.5 Å². The fraction of sp³-hybridized carbons (Fsp3) is 0.364. The van der Waals surface area contributed by atoms with E-state index < -0.39 is 0 Å². The highest BCUT2D eigenvalue weighted by molar-refractivity contribution is 7.99. The fourth-order valence-electron chi connectivity index (χ4n) is 2.71. The molecule has 0 aliphatic rings. The van der Waals surface area contributed by atoms with Crippen LogP contribution in [0.1, 0.15) is 61.4 Å². The second-order valence-electron chi connectivity index (χ2n) is 6.23. The van der Waals surface area contributed by atoms with E-state index in [0.29, 0.717) is 17.7 Å². The van der Waals surface area contributed by atoms with Crippen LogP contribution in [0.3, 0.4) is 0 Å². The molecule has 0 unspecified atom stereocenters. The van der Waals surface area contributed by atoms with Gasteiger partial charge in [0.25, 0.3) is 5.91 Å². The van der Waals surface area contributed by atoms with Crippen LogP contribution in [0.25, 0.3) is 0 Å².